The average molecular weight is 408 g/mol. The standard InChI is InChI=1S/C21H29NO5S/c1-3-15(2)22(19-10-11-28(25,26)14-19)20(23)13-27-21(24)18-9-8-16-6-4-5-7-17(16)12-18/h8-9,12,15,19H,3-7,10-11,13-14H2,1-2H3/t15-,19-/m0/s1. The van der Waals surface area contributed by atoms with Crippen LogP contribution in [0.3, 0.4) is 0 Å². The van der Waals surface area contributed by atoms with Crippen molar-refractivity contribution in [2.24, 2.45) is 0 Å². The molecule has 0 bridgehead atoms. The maximum Gasteiger partial charge on any atom is 0.338 e. The van der Waals surface area contributed by atoms with Gasteiger partial charge < -0.3 is 9.64 Å². The van der Waals surface area contributed by atoms with Gasteiger partial charge in [-0.2, -0.15) is 0 Å². The molecule has 0 spiro atoms. The van der Waals surface area contributed by atoms with Gasteiger partial charge in [-0.05, 0) is 68.7 Å². The van der Waals surface area contributed by atoms with Gasteiger partial charge in [0.25, 0.3) is 5.91 Å². The van der Waals surface area contributed by atoms with E-state index >= 15 is 0 Å². The normalized spacial score (nSPS) is 21.6. The lowest BCUT2D eigenvalue weighted by molar-refractivity contribution is -0.138. The second kappa shape index (κ2) is 8.64. The summed E-state index contributed by atoms with van der Waals surface area (Å²) in [6.07, 6.45) is 5.45. The minimum atomic E-state index is -3.10. The first kappa shape index (κ1) is 20.8. The third kappa shape index (κ3) is 4.74. The predicted molar refractivity (Wildman–Crippen MR) is 107 cm³/mol. The number of rotatable bonds is 6. The Hall–Kier alpha value is -1.89. The van der Waals surface area contributed by atoms with Crippen molar-refractivity contribution in [1.29, 1.82) is 0 Å². The van der Waals surface area contributed by atoms with E-state index in [0.29, 0.717) is 18.4 Å². The Labute approximate surface area is 167 Å². The maximum atomic E-state index is 12.8. The highest BCUT2D eigenvalue weighted by Gasteiger charge is 2.36. The molecule has 1 amide bonds. The Morgan fingerprint density at radius 3 is 2.57 bits per heavy atom. The van der Waals surface area contributed by atoms with Gasteiger partial charge in [0.05, 0.1) is 17.1 Å². The number of ether oxygens (including phenoxy) is 1. The van der Waals surface area contributed by atoms with Gasteiger partial charge >= 0.3 is 5.97 Å². The molecule has 1 aliphatic carbocycles. The van der Waals surface area contributed by atoms with Crippen LogP contribution in [0, 0.1) is 0 Å². The smallest absolute Gasteiger partial charge is 0.338 e. The van der Waals surface area contributed by atoms with Crippen LogP contribution < -0.4 is 0 Å². The lowest BCUT2D eigenvalue weighted by Crippen LogP contribution is -2.48. The van der Waals surface area contributed by atoms with Crippen LogP contribution in [0.5, 0.6) is 0 Å². The lowest BCUT2D eigenvalue weighted by Gasteiger charge is -2.33. The fraction of sp³-hybridized carbons (Fsp3) is 0.619. The summed E-state index contributed by atoms with van der Waals surface area (Å²) in [5, 5.41) is 0. The van der Waals surface area contributed by atoms with Gasteiger partial charge in [0, 0.05) is 12.1 Å². The van der Waals surface area contributed by atoms with Crippen LogP contribution in [0.4, 0.5) is 0 Å². The number of amides is 1. The molecule has 1 aromatic rings. The third-order valence-corrected chi connectivity index (χ3v) is 7.62. The first-order valence-corrected chi connectivity index (χ1v) is 11.9. The van der Waals surface area contributed by atoms with E-state index in [1.165, 1.54) is 17.5 Å². The van der Waals surface area contributed by atoms with Crippen LogP contribution in [0.15, 0.2) is 18.2 Å². The Morgan fingerprint density at radius 1 is 1.21 bits per heavy atom. The fourth-order valence-electron chi connectivity index (χ4n) is 4.15. The number of hydrogen-bond acceptors (Lipinski definition) is 5. The van der Waals surface area contributed by atoms with Crippen molar-refractivity contribution < 1.29 is 22.7 Å². The molecule has 0 aromatic heterocycles. The van der Waals surface area contributed by atoms with Crippen molar-refractivity contribution in [1.82, 2.24) is 4.90 Å². The quantitative estimate of drug-likeness (QED) is 0.677. The predicted octanol–water partition coefficient (Wildman–Crippen LogP) is 2.54. The molecule has 1 heterocycles. The van der Waals surface area contributed by atoms with Gasteiger partial charge in [-0.3, -0.25) is 4.79 Å². The summed E-state index contributed by atoms with van der Waals surface area (Å²) in [4.78, 5) is 26.8. The molecule has 7 heteroatoms. The molecule has 154 valence electrons. The van der Waals surface area contributed by atoms with Crippen LogP contribution in [0.1, 0.15) is 61.0 Å². The van der Waals surface area contributed by atoms with Crippen molar-refractivity contribution in [3.63, 3.8) is 0 Å². The highest BCUT2D eigenvalue weighted by atomic mass is 32.2. The maximum absolute atomic E-state index is 12.8. The summed E-state index contributed by atoms with van der Waals surface area (Å²) in [5.74, 6) is -0.748. The second-order valence-corrected chi connectivity index (χ2v) is 10.1. The number of esters is 1. The number of nitrogens with zero attached hydrogens (tertiary/aromatic N) is 1. The Kier molecular flexibility index (Phi) is 6.43. The molecule has 0 radical (unpaired) electrons. The molecular weight excluding hydrogens is 378 g/mol. The summed E-state index contributed by atoms with van der Waals surface area (Å²) in [7, 11) is -3.10. The number of hydrogen-bond donors (Lipinski definition) is 0. The van der Waals surface area contributed by atoms with Gasteiger partial charge in [-0.15, -0.1) is 0 Å². The van der Waals surface area contributed by atoms with E-state index in [4.69, 9.17) is 4.74 Å². The zero-order valence-corrected chi connectivity index (χ0v) is 17.5. The molecule has 1 fully saturated rings. The summed E-state index contributed by atoms with van der Waals surface area (Å²) in [6.45, 7) is 3.48. The van der Waals surface area contributed by atoms with Crippen molar-refractivity contribution in [2.75, 3.05) is 18.1 Å². The van der Waals surface area contributed by atoms with E-state index in [1.54, 1.807) is 11.0 Å². The van der Waals surface area contributed by atoms with Crippen molar-refractivity contribution in [2.45, 2.75) is 64.5 Å². The van der Waals surface area contributed by atoms with E-state index in [2.05, 4.69) is 0 Å². The molecule has 6 nitrogen and oxygen atoms in total. The molecule has 0 N–H and O–H groups in total. The second-order valence-electron chi connectivity index (χ2n) is 7.88. The van der Waals surface area contributed by atoms with Crippen molar-refractivity contribution in [3.8, 4) is 0 Å². The summed E-state index contributed by atoms with van der Waals surface area (Å²) >= 11 is 0. The molecule has 2 aliphatic rings. The van der Waals surface area contributed by atoms with Gasteiger partial charge in [0.2, 0.25) is 0 Å². The molecule has 1 aromatic carbocycles. The number of aryl methyl sites for hydroxylation is 2. The zero-order chi connectivity index (χ0) is 20.3. The minimum Gasteiger partial charge on any atom is -0.452 e. The number of carbonyl (C=O) groups is 2. The summed E-state index contributed by atoms with van der Waals surface area (Å²) in [6, 6.07) is 5.16. The van der Waals surface area contributed by atoms with Crippen LogP contribution in [0.25, 0.3) is 0 Å². The topological polar surface area (TPSA) is 80.8 Å². The Morgan fingerprint density at radius 2 is 1.93 bits per heavy atom. The van der Waals surface area contributed by atoms with Crippen LogP contribution in [0.2, 0.25) is 0 Å². The van der Waals surface area contributed by atoms with E-state index in [1.807, 2.05) is 26.0 Å². The van der Waals surface area contributed by atoms with E-state index < -0.39 is 15.8 Å². The Bertz CT molecular complexity index is 848. The van der Waals surface area contributed by atoms with Crippen LogP contribution in [-0.2, 0) is 32.2 Å². The van der Waals surface area contributed by atoms with E-state index in [9.17, 15) is 18.0 Å². The molecule has 3 rings (SSSR count). The number of benzene rings is 1. The highest BCUT2D eigenvalue weighted by molar-refractivity contribution is 7.91. The van der Waals surface area contributed by atoms with Gasteiger partial charge in [0.1, 0.15) is 0 Å². The van der Waals surface area contributed by atoms with E-state index in [-0.39, 0.29) is 36.1 Å². The average Bonchev–Trinajstić information content (AvgIpc) is 3.04. The molecule has 1 aliphatic heterocycles. The van der Waals surface area contributed by atoms with E-state index in [0.717, 1.165) is 19.3 Å². The molecular formula is C21H29NO5S. The van der Waals surface area contributed by atoms with Crippen molar-refractivity contribution >= 4 is 21.7 Å². The molecule has 2 atom stereocenters. The molecule has 1 saturated heterocycles. The minimum absolute atomic E-state index is 0.0121. The first-order chi connectivity index (χ1) is 13.3. The Balaban J connectivity index is 1.64. The number of fused-ring (bicyclic) bond motifs is 1. The fourth-order valence-corrected chi connectivity index (χ4v) is 5.86. The SMILES string of the molecule is CC[C@H](C)N(C(=O)COC(=O)c1ccc2c(c1)CCCC2)[C@H]1CCS(=O)(=O)C1. The van der Waals surface area contributed by atoms with Gasteiger partial charge in [-0.1, -0.05) is 13.0 Å². The summed E-state index contributed by atoms with van der Waals surface area (Å²) < 4.78 is 28.9. The van der Waals surface area contributed by atoms with Gasteiger partial charge in [-0.25, -0.2) is 13.2 Å². The highest BCUT2D eigenvalue weighted by Crippen LogP contribution is 2.23. The third-order valence-electron chi connectivity index (χ3n) is 5.87. The summed E-state index contributed by atoms with van der Waals surface area (Å²) in [5.41, 5.74) is 2.93. The van der Waals surface area contributed by atoms with Crippen LogP contribution >= 0.6 is 0 Å². The molecule has 0 unspecified atom stereocenters. The molecule has 0 saturated carbocycles. The van der Waals surface area contributed by atoms with Crippen molar-refractivity contribution in [3.05, 3.63) is 34.9 Å². The largest absolute Gasteiger partial charge is 0.452 e. The lowest BCUT2D eigenvalue weighted by atomic mass is 9.90. The van der Waals surface area contributed by atoms with Crippen LogP contribution in [-0.4, -0.2) is 55.4 Å². The van der Waals surface area contributed by atoms with Gasteiger partial charge in [0.15, 0.2) is 16.4 Å². The monoisotopic (exact) mass is 407 g/mol. The zero-order valence-electron chi connectivity index (χ0n) is 16.6. The first-order valence-electron chi connectivity index (χ1n) is 10.1. The number of sulfone groups is 1. The molecule has 28 heavy (non-hydrogen) atoms. The number of carbonyl (C=O) groups excluding carboxylic acids is 2.